The molecule has 162 valence electrons. The van der Waals surface area contributed by atoms with Gasteiger partial charge in [0, 0.05) is 0 Å². The number of hydrogen-bond acceptors (Lipinski definition) is 1. The Balaban J connectivity index is 0.000000318. The Morgan fingerprint density at radius 2 is 0.909 bits per heavy atom. The predicted octanol–water partition coefficient (Wildman–Crippen LogP) is 7.93. The zero-order valence-corrected chi connectivity index (χ0v) is 18.6. The van der Waals surface area contributed by atoms with E-state index in [2.05, 4.69) is 109 Å². The van der Waals surface area contributed by atoms with Crippen LogP contribution in [-0.2, 0) is 12.8 Å². The SMILES string of the molecule is Oc1ccccc1.c1ccc(Cc2cccc(-c3ccccc3)c2Cc2ccccc2)cc1. The van der Waals surface area contributed by atoms with Gasteiger partial charge in [0.25, 0.3) is 0 Å². The fourth-order valence-corrected chi connectivity index (χ4v) is 3.94. The Labute approximate surface area is 196 Å². The minimum atomic E-state index is 0.322. The molecule has 33 heavy (non-hydrogen) atoms. The molecule has 1 nitrogen and oxygen atoms in total. The lowest BCUT2D eigenvalue weighted by Crippen LogP contribution is -2.00. The van der Waals surface area contributed by atoms with Crippen LogP contribution in [0.25, 0.3) is 11.1 Å². The second-order valence-corrected chi connectivity index (χ2v) is 7.97. The average molecular weight is 429 g/mol. The zero-order valence-electron chi connectivity index (χ0n) is 18.6. The maximum Gasteiger partial charge on any atom is 0.115 e. The number of hydrogen-bond donors (Lipinski definition) is 1. The molecule has 0 amide bonds. The molecule has 0 saturated carbocycles. The fraction of sp³-hybridized carbons (Fsp3) is 0.0625. The van der Waals surface area contributed by atoms with Crippen molar-refractivity contribution in [2.24, 2.45) is 0 Å². The van der Waals surface area contributed by atoms with Crippen LogP contribution in [0.4, 0.5) is 0 Å². The summed E-state index contributed by atoms with van der Waals surface area (Å²) in [5, 5.41) is 8.63. The lowest BCUT2D eigenvalue weighted by Gasteiger charge is -2.16. The lowest BCUT2D eigenvalue weighted by atomic mass is 9.88. The number of phenolic OH excluding ortho intramolecular Hbond substituents is 1. The fourth-order valence-electron chi connectivity index (χ4n) is 3.94. The van der Waals surface area contributed by atoms with E-state index in [1.54, 1.807) is 24.3 Å². The summed E-state index contributed by atoms with van der Waals surface area (Å²) in [4.78, 5) is 0. The molecule has 0 unspecified atom stereocenters. The van der Waals surface area contributed by atoms with E-state index in [-0.39, 0.29) is 0 Å². The maximum absolute atomic E-state index is 8.63. The molecule has 0 atom stereocenters. The molecule has 0 heterocycles. The van der Waals surface area contributed by atoms with Gasteiger partial charge in [-0.1, -0.05) is 127 Å². The molecular weight excluding hydrogens is 400 g/mol. The van der Waals surface area contributed by atoms with Crippen LogP contribution in [0.3, 0.4) is 0 Å². The van der Waals surface area contributed by atoms with E-state index in [1.807, 2.05) is 6.07 Å². The van der Waals surface area contributed by atoms with Crippen LogP contribution in [0.5, 0.6) is 5.75 Å². The van der Waals surface area contributed by atoms with E-state index in [0.29, 0.717) is 5.75 Å². The summed E-state index contributed by atoms with van der Waals surface area (Å²) in [5.74, 6) is 0.322. The molecule has 0 bridgehead atoms. The third kappa shape index (κ3) is 6.44. The van der Waals surface area contributed by atoms with Crippen LogP contribution in [0, 0.1) is 0 Å². The molecule has 0 radical (unpaired) electrons. The van der Waals surface area contributed by atoms with Gasteiger partial charge in [-0.25, -0.2) is 0 Å². The van der Waals surface area contributed by atoms with Crippen molar-refractivity contribution in [1.29, 1.82) is 0 Å². The summed E-state index contributed by atoms with van der Waals surface area (Å²) in [6, 6.07) is 47.6. The van der Waals surface area contributed by atoms with Crippen molar-refractivity contribution in [3.8, 4) is 16.9 Å². The third-order valence-electron chi connectivity index (χ3n) is 5.58. The number of phenols is 1. The summed E-state index contributed by atoms with van der Waals surface area (Å²) in [6.07, 6.45) is 1.91. The lowest BCUT2D eigenvalue weighted by molar-refractivity contribution is 0.475. The number of para-hydroxylation sites is 1. The predicted molar refractivity (Wildman–Crippen MR) is 138 cm³/mol. The van der Waals surface area contributed by atoms with Gasteiger partial charge in [0.15, 0.2) is 0 Å². The normalized spacial score (nSPS) is 10.2. The van der Waals surface area contributed by atoms with Gasteiger partial charge in [-0.2, -0.15) is 0 Å². The first-order valence-corrected chi connectivity index (χ1v) is 11.3. The molecule has 1 heteroatoms. The number of rotatable bonds is 5. The van der Waals surface area contributed by atoms with Crippen molar-refractivity contribution >= 4 is 0 Å². The van der Waals surface area contributed by atoms with Gasteiger partial charge < -0.3 is 5.11 Å². The molecule has 5 aromatic rings. The molecule has 5 rings (SSSR count). The van der Waals surface area contributed by atoms with Gasteiger partial charge in [-0.05, 0) is 58.4 Å². The Morgan fingerprint density at radius 1 is 0.424 bits per heavy atom. The number of benzene rings is 5. The van der Waals surface area contributed by atoms with E-state index in [4.69, 9.17) is 5.11 Å². The summed E-state index contributed by atoms with van der Waals surface area (Å²) in [5.41, 5.74) is 8.16. The Bertz CT molecular complexity index is 1230. The Morgan fingerprint density at radius 3 is 1.42 bits per heavy atom. The molecule has 0 fully saturated rings. The van der Waals surface area contributed by atoms with E-state index < -0.39 is 0 Å². The van der Waals surface area contributed by atoms with Gasteiger partial charge in [0.1, 0.15) is 5.75 Å². The molecule has 0 aliphatic rings. The van der Waals surface area contributed by atoms with Crippen molar-refractivity contribution in [1.82, 2.24) is 0 Å². The Kier molecular flexibility index (Phi) is 7.70. The topological polar surface area (TPSA) is 20.2 Å². The number of aromatic hydroxyl groups is 1. The minimum Gasteiger partial charge on any atom is -0.508 e. The monoisotopic (exact) mass is 428 g/mol. The van der Waals surface area contributed by atoms with E-state index in [9.17, 15) is 0 Å². The van der Waals surface area contributed by atoms with Crippen LogP contribution in [0.1, 0.15) is 22.3 Å². The highest BCUT2D eigenvalue weighted by Crippen LogP contribution is 2.30. The Hall–Kier alpha value is -4.10. The molecule has 0 aliphatic heterocycles. The highest BCUT2D eigenvalue weighted by molar-refractivity contribution is 5.69. The van der Waals surface area contributed by atoms with Crippen molar-refractivity contribution in [2.45, 2.75) is 12.8 Å². The molecule has 5 aromatic carbocycles. The third-order valence-corrected chi connectivity index (χ3v) is 5.58. The first kappa shape index (κ1) is 22.1. The van der Waals surface area contributed by atoms with Crippen molar-refractivity contribution in [3.05, 3.63) is 162 Å². The van der Waals surface area contributed by atoms with Crippen LogP contribution in [0.15, 0.2) is 140 Å². The summed E-state index contributed by atoms with van der Waals surface area (Å²) >= 11 is 0. The molecule has 1 N–H and O–H groups in total. The standard InChI is InChI=1S/C26H22.C6H6O/c1-4-11-21(12-5-1)19-24-17-10-18-25(23-15-8-3-9-16-23)26(24)20-22-13-6-2-7-14-22;7-6-4-2-1-3-5-6/h1-18H,19-20H2;1-5,7H. The van der Waals surface area contributed by atoms with Gasteiger partial charge in [-0.3, -0.25) is 0 Å². The van der Waals surface area contributed by atoms with Crippen LogP contribution >= 0.6 is 0 Å². The average Bonchev–Trinajstić information content (AvgIpc) is 2.88. The van der Waals surface area contributed by atoms with Crippen molar-refractivity contribution < 1.29 is 5.11 Å². The maximum atomic E-state index is 8.63. The first-order valence-electron chi connectivity index (χ1n) is 11.3. The first-order chi connectivity index (χ1) is 16.3. The smallest absolute Gasteiger partial charge is 0.115 e. The van der Waals surface area contributed by atoms with Gasteiger partial charge in [-0.15, -0.1) is 0 Å². The van der Waals surface area contributed by atoms with Gasteiger partial charge in [0.2, 0.25) is 0 Å². The van der Waals surface area contributed by atoms with Crippen LogP contribution in [0.2, 0.25) is 0 Å². The van der Waals surface area contributed by atoms with Crippen molar-refractivity contribution in [2.75, 3.05) is 0 Å². The quantitative estimate of drug-likeness (QED) is 0.301. The highest BCUT2D eigenvalue weighted by Gasteiger charge is 2.11. The summed E-state index contributed by atoms with van der Waals surface area (Å²) in [6.45, 7) is 0. The minimum absolute atomic E-state index is 0.322. The van der Waals surface area contributed by atoms with E-state index in [1.165, 1.54) is 33.4 Å². The van der Waals surface area contributed by atoms with E-state index in [0.717, 1.165) is 12.8 Å². The van der Waals surface area contributed by atoms with Crippen molar-refractivity contribution in [3.63, 3.8) is 0 Å². The molecule has 0 spiro atoms. The second kappa shape index (κ2) is 11.5. The van der Waals surface area contributed by atoms with Gasteiger partial charge in [0.05, 0.1) is 0 Å². The zero-order chi connectivity index (χ0) is 22.7. The summed E-state index contributed by atoms with van der Waals surface area (Å²) in [7, 11) is 0. The van der Waals surface area contributed by atoms with Gasteiger partial charge >= 0.3 is 0 Å². The van der Waals surface area contributed by atoms with Crippen LogP contribution in [-0.4, -0.2) is 5.11 Å². The van der Waals surface area contributed by atoms with E-state index >= 15 is 0 Å². The molecule has 0 saturated heterocycles. The largest absolute Gasteiger partial charge is 0.508 e. The molecule has 0 aliphatic carbocycles. The van der Waals surface area contributed by atoms with Crippen LogP contribution < -0.4 is 0 Å². The second-order valence-electron chi connectivity index (χ2n) is 7.97. The molecular formula is C32H28O. The molecule has 0 aromatic heterocycles. The summed E-state index contributed by atoms with van der Waals surface area (Å²) < 4.78 is 0. The highest BCUT2D eigenvalue weighted by atomic mass is 16.3.